The Kier molecular flexibility index (Phi) is 1.34. The lowest BCUT2D eigenvalue weighted by Gasteiger charge is -2.26. The summed E-state index contributed by atoms with van der Waals surface area (Å²) in [5, 5.41) is 28.6. The number of rotatable bonds is 2. The molecule has 5 heteroatoms. The maximum atomic E-state index is 9.68. The Morgan fingerprint density at radius 3 is 2.64 bits per heavy atom. The molecule has 5 atom stereocenters. The number of hydrogen-bond acceptors (Lipinski definition) is 4. The van der Waals surface area contributed by atoms with E-state index in [1.807, 2.05) is 0 Å². The highest BCUT2D eigenvalue weighted by Crippen LogP contribution is 2.97. The molecule has 4 nitrogen and oxygen atoms in total. The highest BCUT2D eigenvalue weighted by molar-refractivity contribution is 6.11. The largest absolute Gasteiger partial charge is 0.396 e. The van der Waals surface area contributed by atoms with E-state index in [-0.39, 0.29) is 18.6 Å². The zero-order chi connectivity index (χ0) is 10.4. The van der Waals surface area contributed by atoms with Crippen LogP contribution in [0.4, 0.5) is 0 Å². The third-order valence-electron chi connectivity index (χ3n) is 4.69. The van der Waals surface area contributed by atoms with Crippen molar-refractivity contribution in [1.82, 2.24) is 0 Å². The molecule has 0 aromatic carbocycles. The molecule has 1 spiro atoms. The Morgan fingerprint density at radius 1 is 1.57 bits per heavy atom. The molecule has 1 heterocycles. The molecule has 1 saturated heterocycles. The highest BCUT2D eigenvalue weighted by atomic mass is 16.6. The number of aliphatic hydroxyl groups excluding tert-OH is 1. The fourth-order valence-electron chi connectivity index (χ4n) is 3.83. The average molecular weight is 198 g/mol. The molecule has 0 aromatic rings. The van der Waals surface area contributed by atoms with Gasteiger partial charge in [-0.25, -0.2) is 0 Å². The van der Waals surface area contributed by atoms with Crippen LogP contribution in [0.5, 0.6) is 0 Å². The van der Waals surface area contributed by atoms with Crippen LogP contribution in [0.15, 0.2) is 0 Å². The van der Waals surface area contributed by atoms with Gasteiger partial charge in [-0.15, -0.1) is 0 Å². The van der Waals surface area contributed by atoms with Crippen molar-refractivity contribution >= 4 is 7.85 Å². The fraction of sp³-hybridized carbons (Fsp3) is 1.00. The van der Waals surface area contributed by atoms with Crippen LogP contribution in [-0.4, -0.2) is 48.3 Å². The maximum absolute atomic E-state index is 9.68. The van der Waals surface area contributed by atoms with Crippen LogP contribution < -0.4 is 0 Å². The number of aliphatic hydroxyl groups is 3. The zero-order valence-corrected chi connectivity index (χ0v) is 8.40. The monoisotopic (exact) mass is 198 g/mol. The van der Waals surface area contributed by atoms with Crippen LogP contribution in [0.25, 0.3) is 0 Å². The second-order valence-corrected chi connectivity index (χ2v) is 5.27. The molecule has 0 radical (unpaired) electrons. The predicted molar refractivity (Wildman–Crippen MR) is 50.3 cm³/mol. The minimum atomic E-state index is -1.68. The molecular formula is C9H15BO4. The predicted octanol–water partition coefficient (Wildman–Crippen LogP) is -1.88. The van der Waals surface area contributed by atoms with E-state index in [2.05, 4.69) is 14.8 Å². The average Bonchev–Trinajstić information content (AvgIpc) is 2.75. The topological polar surface area (TPSA) is 69.9 Å². The number of fused-ring (bicyclic) bond motifs is 1. The smallest absolute Gasteiger partial charge is 0.181 e. The van der Waals surface area contributed by atoms with Crippen molar-refractivity contribution in [2.45, 2.75) is 24.6 Å². The van der Waals surface area contributed by atoms with Crippen LogP contribution >= 0.6 is 0 Å². The number of hydrogen-bond donors (Lipinski definition) is 3. The van der Waals surface area contributed by atoms with Gasteiger partial charge in [-0.1, -0.05) is 6.92 Å². The van der Waals surface area contributed by atoms with Gasteiger partial charge in [0.15, 0.2) is 5.79 Å². The molecule has 78 valence electrons. The molecule has 1 aliphatic heterocycles. The summed E-state index contributed by atoms with van der Waals surface area (Å²) in [4.78, 5) is 0. The molecule has 2 aliphatic carbocycles. The molecule has 0 amide bonds. The van der Waals surface area contributed by atoms with Crippen molar-refractivity contribution in [2.75, 3.05) is 13.2 Å². The molecule has 3 fully saturated rings. The molecule has 3 N–H and O–H groups in total. The summed E-state index contributed by atoms with van der Waals surface area (Å²) in [7, 11) is 2.06. The van der Waals surface area contributed by atoms with Crippen molar-refractivity contribution in [2.24, 2.45) is 16.7 Å². The summed E-state index contributed by atoms with van der Waals surface area (Å²) >= 11 is 0. The van der Waals surface area contributed by atoms with Crippen LogP contribution in [0.3, 0.4) is 0 Å². The summed E-state index contributed by atoms with van der Waals surface area (Å²) < 4.78 is 5.55. The Morgan fingerprint density at radius 2 is 2.21 bits per heavy atom. The molecule has 14 heavy (non-hydrogen) atoms. The van der Waals surface area contributed by atoms with Crippen molar-refractivity contribution < 1.29 is 20.1 Å². The van der Waals surface area contributed by atoms with Crippen molar-refractivity contribution in [1.29, 1.82) is 0 Å². The van der Waals surface area contributed by atoms with E-state index in [0.717, 1.165) is 0 Å². The van der Waals surface area contributed by atoms with Gasteiger partial charge in [0.2, 0.25) is 0 Å². The van der Waals surface area contributed by atoms with Gasteiger partial charge < -0.3 is 20.1 Å². The zero-order valence-electron chi connectivity index (χ0n) is 8.40. The summed E-state index contributed by atoms with van der Waals surface area (Å²) in [5.74, 6) is -1.16. The Labute approximate surface area is 83.3 Å². The van der Waals surface area contributed by atoms with E-state index >= 15 is 0 Å². The maximum Gasteiger partial charge on any atom is 0.181 e. The third-order valence-corrected chi connectivity index (χ3v) is 4.69. The van der Waals surface area contributed by atoms with Crippen LogP contribution in [-0.2, 0) is 4.74 Å². The van der Waals surface area contributed by atoms with Crippen molar-refractivity contribution in [3.8, 4) is 0 Å². The lowest BCUT2D eigenvalue weighted by molar-refractivity contribution is -0.169. The SMILES string of the molecule is B[C@H](C)[C@H]1OCC23C1[C@@]2(CO)C3(O)O. The van der Waals surface area contributed by atoms with Gasteiger partial charge in [0.25, 0.3) is 0 Å². The van der Waals surface area contributed by atoms with Gasteiger partial charge in [0.1, 0.15) is 7.85 Å². The highest BCUT2D eigenvalue weighted by Gasteiger charge is 3.09. The molecule has 2 saturated carbocycles. The number of ether oxygens (including phenoxy) is 1. The van der Waals surface area contributed by atoms with Crippen molar-refractivity contribution in [3.05, 3.63) is 0 Å². The van der Waals surface area contributed by atoms with E-state index in [1.165, 1.54) is 0 Å². The molecule has 3 rings (SSSR count). The van der Waals surface area contributed by atoms with E-state index in [1.54, 1.807) is 0 Å². The minimum Gasteiger partial charge on any atom is -0.396 e. The minimum absolute atomic E-state index is 0.0783. The van der Waals surface area contributed by atoms with Gasteiger partial charge in [0.05, 0.1) is 30.1 Å². The van der Waals surface area contributed by atoms with Gasteiger partial charge >= 0.3 is 0 Å². The van der Waals surface area contributed by atoms with E-state index in [4.69, 9.17) is 4.74 Å². The molecule has 0 aromatic heterocycles. The quantitative estimate of drug-likeness (QED) is 0.358. The van der Waals surface area contributed by atoms with E-state index in [0.29, 0.717) is 12.4 Å². The van der Waals surface area contributed by atoms with Gasteiger partial charge in [-0.2, -0.15) is 0 Å². The third kappa shape index (κ3) is 0.525. The van der Waals surface area contributed by atoms with Gasteiger partial charge in [0, 0.05) is 5.92 Å². The summed E-state index contributed by atoms with van der Waals surface area (Å²) in [5.41, 5.74) is -1.20. The van der Waals surface area contributed by atoms with Gasteiger partial charge in [-0.05, 0) is 5.82 Å². The lowest BCUT2D eigenvalue weighted by atomic mass is 9.77. The Bertz CT molecular complexity index is 293. The van der Waals surface area contributed by atoms with Crippen LogP contribution in [0.1, 0.15) is 6.92 Å². The first kappa shape index (κ1) is 9.15. The second-order valence-electron chi connectivity index (χ2n) is 5.27. The van der Waals surface area contributed by atoms with E-state index in [9.17, 15) is 15.3 Å². The summed E-state index contributed by atoms with van der Waals surface area (Å²) in [6, 6.07) is 0. The fourth-order valence-corrected chi connectivity index (χ4v) is 3.83. The normalized spacial score (nSPS) is 58.9. The summed E-state index contributed by atoms with van der Waals surface area (Å²) in [6.45, 7) is 2.30. The Hall–Kier alpha value is -0.0951. The van der Waals surface area contributed by atoms with Gasteiger partial charge in [-0.3, -0.25) is 0 Å². The first-order valence-electron chi connectivity index (χ1n) is 5.14. The molecule has 2 unspecified atom stereocenters. The van der Waals surface area contributed by atoms with Crippen molar-refractivity contribution in [3.63, 3.8) is 0 Å². The molecule has 0 bridgehead atoms. The first-order valence-corrected chi connectivity index (χ1v) is 5.14. The molecular weight excluding hydrogens is 183 g/mol. The standard InChI is InChI=1S/C9H15BO4/c1-4(10)5-6-7(2-11)8(6,3-14-5)9(7,12)13/h4-6,11-13H,2-3,10H2,1H3/t4-,5-,6?,7-,8?/m1/s1. The van der Waals surface area contributed by atoms with E-state index < -0.39 is 16.6 Å². The second kappa shape index (κ2) is 2.05. The summed E-state index contributed by atoms with van der Waals surface area (Å²) in [6.07, 6.45) is 0.0783. The first-order chi connectivity index (χ1) is 6.47. The molecule has 3 aliphatic rings. The van der Waals surface area contributed by atoms with Crippen LogP contribution in [0, 0.1) is 16.7 Å². The lowest BCUT2D eigenvalue weighted by Crippen LogP contribution is -2.38. The van der Waals surface area contributed by atoms with Crippen LogP contribution in [0.2, 0.25) is 5.82 Å². The Balaban J connectivity index is 1.90.